The Balaban J connectivity index is 1.76. The van der Waals surface area contributed by atoms with E-state index in [1.807, 2.05) is 6.92 Å². The molecule has 1 aliphatic rings. The minimum Gasteiger partial charge on any atom is -0.393 e. The van der Waals surface area contributed by atoms with Gasteiger partial charge in [-0.3, -0.25) is 0 Å². The normalized spacial score (nSPS) is 19.6. The number of aliphatic hydroxyl groups excluding tert-OH is 1. The molecule has 1 saturated heterocycles. The van der Waals surface area contributed by atoms with Crippen molar-refractivity contribution in [2.45, 2.75) is 45.1 Å². The minimum absolute atomic E-state index is 0.142. The Labute approximate surface area is 93.9 Å². The Bertz CT molecular complexity index is 145. The van der Waals surface area contributed by atoms with Gasteiger partial charge in [0.2, 0.25) is 0 Å². The maximum atomic E-state index is 9.06. The van der Waals surface area contributed by atoms with Crippen LogP contribution in [0.2, 0.25) is 0 Å². The van der Waals surface area contributed by atoms with Crippen molar-refractivity contribution in [1.82, 2.24) is 10.2 Å². The molecule has 0 radical (unpaired) electrons. The van der Waals surface area contributed by atoms with Gasteiger partial charge in [0.05, 0.1) is 6.10 Å². The molecule has 2 N–H and O–H groups in total. The lowest BCUT2D eigenvalue weighted by atomic mass is 10.2. The van der Waals surface area contributed by atoms with Crippen LogP contribution < -0.4 is 5.32 Å². The van der Waals surface area contributed by atoms with Crippen LogP contribution in [0.3, 0.4) is 0 Å². The maximum Gasteiger partial charge on any atom is 0.0512 e. The largest absolute Gasteiger partial charge is 0.393 e. The van der Waals surface area contributed by atoms with Crippen LogP contribution in [0.15, 0.2) is 0 Å². The van der Waals surface area contributed by atoms with Gasteiger partial charge in [0.25, 0.3) is 0 Å². The molecule has 1 unspecified atom stereocenters. The summed E-state index contributed by atoms with van der Waals surface area (Å²) in [5.41, 5.74) is 0. The zero-order valence-electron chi connectivity index (χ0n) is 10.0. The summed E-state index contributed by atoms with van der Waals surface area (Å²) in [7, 11) is 0. The molecule has 0 saturated carbocycles. The maximum absolute atomic E-state index is 9.06. The third-order valence-corrected chi connectivity index (χ3v) is 3.00. The third kappa shape index (κ3) is 6.88. The van der Waals surface area contributed by atoms with Crippen molar-refractivity contribution in [2.75, 3.05) is 32.7 Å². The number of likely N-dealkylation sites (tertiary alicyclic amines) is 1. The van der Waals surface area contributed by atoms with E-state index in [0.29, 0.717) is 0 Å². The summed E-state index contributed by atoms with van der Waals surface area (Å²) in [4.78, 5) is 2.55. The minimum atomic E-state index is -0.142. The van der Waals surface area contributed by atoms with Crippen LogP contribution in [-0.2, 0) is 0 Å². The van der Waals surface area contributed by atoms with Crippen molar-refractivity contribution in [1.29, 1.82) is 0 Å². The van der Waals surface area contributed by atoms with E-state index in [1.165, 1.54) is 38.9 Å². The van der Waals surface area contributed by atoms with Gasteiger partial charge in [0, 0.05) is 0 Å². The highest BCUT2D eigenvalue weighted by Crippen LogP contribution is 2.06. The molecule has 0 amide bonds. The van der Waals surface area contributed by atoms with Gasteiger partial charge in [0.15, 0.2) is 0 Å². The van der Waals surface area contributed by atoms with Crippen LogP contribution in [0.25, 0.3) is 0 Å². The van der Waals surface area contributed by atoms with Gasteiger partial charge in [-0.25, -0.2) is 0 Å². The van der Waals surface area contributed by atoms with Crippen LogP contribution in [-0.4, -0.2) is 48.8 Å². The number of nitrogens with zero attached hydrogens (tertiary/aromatic N) is 1. The first-order chi connectivity index (χ1) is 7.29. The van der Waals surface area contributed by atoms with Crippen LogP contribution in [0.1, 0.15) is 39.0 Å². The molecule has 1 heterocycles. The van der Waals surface area contributed by atoms with E-state index in [9.17, 15) is 0 Å². The van der Waals surface area contributed by atoms with Gasteiger partial charge in [-0.15, -0.1) is 0 Å². The SMILES string of the molecule is CC(O)CCCNCCCN1CCCC1. The zero-order chi connectivity index (χ0) is 10.9. The molecule has 1 atom stereocenters. The van der Waals surface area contributed by atoms with Gasteiger partial charge in [0.1, 0.15) is 0 Å². The van der Waals surface area contributed by atoms with E-state index < -0.39 is 0 Å². The lowest BCUT2D eigenvalue weighted by Gasteiger charge is -2.14. The number of rotatable bonds is 8. The molecule has 0 aromatic rings. The predicted molar refractivity (Wildman–Crippen MR) is 64.1 cm³/mol. The topological polar surface area (TPSA) is 35.5 Å². The van der Waals surface area contributed by atoms with Gasteiger partial charge in [-0.05, 0) is 71.8 Å². The van der Waals surface area contributed by atoms with Crippen LogP contribution in [0, 0.1) is 0 Å². The molecule has 1 rings (SSSR count). The van der Waals surface area contributed by atoms with E-state index >= 15 is 0 Å². The summed E-state index contributed by atoms with van der Waals surface area (Å²) >= 11 is 0. The van der Waals surface area contributed by atoms with Crippen LogP contribution in [0.5, 0.6) is 0 Å². The second-order valence-electron chi connectivity index (χ2n) is 4.64. The summed E-state index contributed by atoms with van der Waals surface area (Å²) in [6.07, 6.45) is 5.90. The summed E-state index contributed by atoms with van der Waals surface area (Å²) in [5, 5.41) is 12.5. The predicted octanol–water partition coefficient (Wildman–Crippen LogP) is 1.22. The molecular formula is C12H26N2O. The number of aliphatic hydroxyl groups is 1. The smallest absolute Gasteiger partial charge is 0.0512 e. The molecule has 0 aromatic carbocycles. The van der Waals surface area contributed by atoms with Crippen molar-refractivity contribution in [2.24, 2.45) is 0 Å². The second-order valence-corrected chi connectivity index (χ2v) is 4.64. The van der Waals surface area contributed by atoms with Crippen molar-refractivity contribution in [3.05, 3.63) is 0 Å². The fourth-order valence-corrected chi connectivity index (χ4v) is 2.08. The quantitative estimate of drug-likeness (QED) is 0.596. The van der Waals surface area contributed by atoms with Crippen molar-refractivity contribution >= 4 is 0 Å². The molecule has 1 fully saturated rings. The third-order valence-electron chi connectivity index (χ3n) is 3.00. The second kappa shape index (κ2) is 8.08. The van der Waals surface area contributed by atoms with Crippen molar-refractivity contribution < 1.29 is 5.11 Å². The number of hydrogen-bond acceptors (Lipinski definition) is 3. The van der Waals surface area contributed by atoms with E-state index in [1.54, 1.807) is 0 Å². The van der Waals surface area contributed by atoms with Gasteiger partial charge in [-0.1, -0.05) is 0 Å². The number of nitrogens with one attached hydrogen (secondary N) is 1. The molecule has 0 aliphatic carbocycles. The van der Waals surface area contributed by atoms with E-state index in [4.69, 9.17) is 5.11 Å². The average Bonchev–Trinajstić information content (AvgIpc) is 2.68. The Morgan fingerprint density at radius 1 is 1.20 bits per heavy atom. The molecular weight excluding hydrogens is 188 g/mol. The zero-order valence-corrected chi connectivity index (χ0v) is 10.0. The number of hydrogen-bond donors (Lipinski definition) is 2. The van der Waals surface area contributed by atoms with Gasteiger partial charge in [-0.2, -0.15) is 0 Å². The molecule has 3 heteroatoms. The first-order valence-electron chi connectivity index (χ1n) is 6.40. The summed E-state index contributed by atoms with van der Waals surface area (Å²) in [5.74, 6) is 0. The average molecular weight is 214 g/mol. The van der Waals surface area contributed by atoms with E-state index in [2.05, 4.69) is 10.2 Å². The lowest BCUT2D eigenvalue weighted by Crippen LogP contribution is -2.25. The van der Waals surface area contributed by atoms with Gasteiger partial charge >= 0.3 is 0 Å². The van der Waals surface area contributed by atoms with Crippen LogP contribution in [0.4, 0.5) is 0 Å². The van der Waals surface area contributed by atoms with E-state index in [0.717, 1.165) is 25.9 Å². The van der Waals surface area contributed by atoms with Gasteiger partial charge < -0.3 is 15.3 Å². The molecule has 0 spiro atoms. The molecule has 0 aromatic heterocycles. The highest BCUT2D eigenvalue weighted by atomic mass is 16.3. The summed E-state index contributed by atoms with van der Waals surface area (Å²) < 4.78 is 0. The highest BCUT2D eigenvalue weighted by molar-refractivity contribution is 4.66. The fraction of sp³-hybridized carbons (Fsp3) is 1.00. The first-order valence-corrected chi connectivity index (χ1v) is 6.40. The van der Waals surface area contributed by atoms with Crippen molar-refractivity contribution in [3.63, 3.8) is 0 Å². The Kier molecular flexibility index (Phi) is 6.98. The first kappa shape index (κ1) is 12.9. The van der Waals surface area contributed by atoms with E-state index in [-0.39, 0.29) is 6.10 Å². The summed E-state index contributed by atoms with van der Waals surface area (Å²) in [6.45, 7) is 7.89. The van der Waals surface area contributed by atoms with Crippen molar-refractivity contribution in [3.8, 4) is 0 Å². The Morgan fingerprint density at radius 2 is 1.87 bits per heavy atom. The summed E-state index contributed by atoms with van der Waals surface area (Å²) in [6, 6.07) is 0. The molecule has 90 valence electrons. The standard InChI is InChI=1S/C12H26N2O/c1-12(15)6-4-7-13-8-5-11-14-9-2-3-10-14/h12-13,15H,2-11H2,1H3. The molecule has 0 bridgehead atoms. The molecule has 3 nitrogen and oxygen atoms in total. The Morgan fingerprint density at radius 3 is 2.53 bits per heavy atom. The lowest BCUT2D eigenvalue weighted by molar-refractivity contribution is 0.181. The fourth-order valence-electron chi connectivity index (χ4n) is 2.08. The monoisotopic (exact) mass is 214 g/mol. The molecule has 1 aliphatic heterocycles. The van der Waals surface area contributed by atoms with Crippen LogP contribution >= 0.6 is 0 Å². The Hall–Kier alpha value is -0.120. The highest BCUT2D eigenvalue weighted by Gasteiger charge is 2.09. The molecule has 15 heavy (non-hydrogen) atoms.